The van der Waals surface area contributed by atoms with Crippen molar-refractivity contribution in [2.24, 2.45) is 10.2 Å². The summed E-state index contributed by atoms with van der Waals surface area (Å²) in [5.74, 6) is -1.11. The Bertz CT molecular complexity index is 1140. The Hall–Kier alpha value is -2.95. The highest BCUT2D eigenvalue weighted by atomic mass is 35.5. The second-order valence-electron chi connectivity index (χ2n) is 5.45. The molecule has 27 heavy (non-hydrogen) atoms. The van der Waals surface area contributed by atoms with Crippen molar-refractivity contribution in [1.29, 1.82) is 0 Å². The van der Waals surface area contributed by atoms with Crippen LogP contribution in [0, 0.1) is 6.92 Å². The Labute approximate surface area is 158 Å². The van der Waals surface area contributed by atoms with E-state index in [0.717, 1.165) is 12.1 Å². The molecule has 11 heteroatoms. The average molecular weight is 409 g/mol. The molecule has 0 unspecified atom stereocenters. The number of nitrogens with zero attached hydrogens (tertiary/aromatic N) is 4. The van der Waals surface area contributed by atoms with Gasteiger partial charge in [0.05, 0.1) is 11.4 Å². The fourth-order valence-corrected chi connectivity index (χ4v) is 3.21. The number of para-hydroxylation sites is 1. The molecule has 0 bridgehead atoms. The van der Waals surface area contributed by atoms with E-state index in [-0.39, 0.29) is 22.3 Å². The van der Waals surface area contributed by atoms with Gasteiger partial charge in [-0.25, -0.2) is 0 Å². The van der Waals surface area contributed by atoms with E-state index in [4.69, 9.17) is 16.2 Å². The van der Waals surface area contributed by atoms with Crippen LogP contribution in [0.5, 0.6) is 11.6 Å². The highest BCUT2D eigenvalue weighted by Gasteiger charge is 2.21. The molecule has 0 aliphatic rings. The number of aromatic hydroxyl groups is 2. The summed E-state index contributed by atoms with van der Waals surface area (Å²) in [5.41, 5.74) is 0.656. The molecule has 0 radical (unpaired) electrons. The molecule has 2 aromatic carbocycles. The number of halogens is 1. The SMILES string of the molecule is Cc1nn(-c2ccccc2)c(O)c1/N=N/c1cc(Cl)cc(S(=O)(=O)O)c1O. The molecule has 0 spiro atoms. The molecule has 0 atom stereocenters. The zero-order valence-corrected chi connectivity index (χ0v) is 15.3. The Kier molecular flexibility index (Phi) is 4.87. The van der Waals surface area contributed by atoms with E-state index in [9.17, 15) is 18.6 Å². The standard InChI is InChI=1S/C16H13ClN4O5S/c1-9-14(16(23)21(20-9)11-5-3-2-4-6-11)19-18-12-7-10(17)8-13(15(12)22)27(24,25)26/h2-8,22-23H,1H3,(H,24,25,26)/b19-18+. The number of phenols is 1. The third kappa shape index (κ3) is 3.77. The van der Waals surface area contributed by atoms with Crippen molar-refractivity contribution in [3.63, 3.8) is 0 Å². The molecule has 3 rings (SSSR count). The van der Waals surface area contributed by atoms with Gasteiger partial charge in [0.25, 0.3) is 10.1 Å². The summed E-state index contributed by atoms with van der Waals surface area (Å²) in [4.78, 5) is -0.801. The minimum atomic E-state index is -4.71. The summed E-state index contributed by atoms with van der Waals surface area (Å²) in [6.45, 7) is 1.59. The monoisotopic (exact) mass is 408 g/mol. The average Bonchev–Trinajstić information content (AvgIpc) is 2.89. The fraction of sp³-hybridized carbons (Fsp3) is 0.0625. The summed E-state index contributed by atoms with van der Waals surface area (Å²) >= 11 is 5.80. The first-order valence-corrected chi connectivity index (χ1v) is 9.26. The van der Waals surface area contributed by atoms with Gasteiger partial charge in [0.2, 0.25) is 5.88 Å². The Morgan fingerprint density at radius 1 is 1.11 bits per heavy atom. The van der Waals surface area contributed by atoms with Gasteiger partial charge in [0.15, 0.2) is 11.4 Å². The number of hydrogen-bond acceptors (Lipinski definition) is 7. The highest BCUT2D eigenvalue weighted by molar-refractivity contribution is 7.86. The van der Waals surface area contributed by atoms with Crippen LogP contribution in [0.4, 0.5) is 11.4 Å². The van der Waals surface area contributed by atoms with Crippen LogP contribution in [-0.2, 0) is 10.1 Å². The normalized spacial score (nSPS) is 12.0. The first kappa shape index (κ1) is 18.8. The Morgan fingerprint density at radius 3 is 2.41 bits per heavy atom. The number of benzene rings is 2. The van der Waals surface area contributed by atoms with E-state index >= 15 is 0 Å². The number of phenolic OH excluding ortho intramolecular Hbond substituents is 1. The number of azo groups is 1. The third-order valence-corrected chi connectivity index (χ3v) is 4.65. The van der Waals surface area contributed by atoms with Crippen LogP contribution in [-0.4, -0.2) is 33.0 Å². The fourth-order valence-electron chi connectivity index (χ4n) is 2.31. The molecule has 0 saturated heterocycles. The predicted molar refractivity (Wildman–Crippen MR) is 97.1 cm³/mol. The van der Waals surface area contributed by atoms with Crippen molar-refractivity contribution in [2.75, 3.05) is 0 Å². The minimum absolute atomic E-state index is 0.0200. The molecule has 1 aromatic heterocycles. The van der Waals surface area contributed by atoms with Crippen LogP contribution in [0.15, 0.2) is 57.6 Å². The lowest BCUT2D eigenvalue weighted by Crippen LogP contribution is -1.98. The number of hydrogen-bond donors (Lipinski definition) is 3. The maximum Gasteiger partial charge on any atom is 0.298 e. The molecular weight excluding hydrogens is 396 g/mol. The maximum atomic E-state index is 11.3. The van der Waals surface area contributed by atoms with E-state index in [1.807, 2.05) is 6.07 Å². The van der Waals surface area contributed by atoms with Crippen LogP contribution in [0.3, 0.4) is 0 Å². The van der Waals surface area contributed by atoms with Gasteiger partial charge in [-0.1, -0.05) is 29.8 Å². The topological polar surface area (TPSA) is 137 Å². The number of aryl methyl sites for hydroxylation is 1. The maximum absolute atomic E-state index is 11.3. The van der Waals surface area contributed by atoms with Crippen LogP contribution in [0.1, 0.15) is 5.69 Å². The zero-order chi connectivity index (χ0) is 19.8. The molecule has 3 aromatic rings. The van der Waals surface area contributed by atoms with Gasteiger partial charge in [-0.2, -0.15) is 18.2 Å². The van der Waals surface area contributed by atoms with Crippen molar-refractivity contribution >= 4 is 33.1 Å². The molecule has 3 N–H and O–H groups in total. The van der Waals surface area contributed by atoms with Crippen molar-refractivity contribution in [2.45, 2.75) is 11.8 Å². The summed E-state index contributed by atoms with van der Waals surface area (Å²) in [7, 11) is -4.71. The first-order valence-electron chi connectivity index (χ1n) is 7.44. The van der Waals surface area contributed by atoms with Gasteiger partial charge in [-0.05, 0) is 31.2 Å². The largest absolute Gasteiger partial charge is 0.504 e. The Morgan fingerprint density at radius 2 is 1.78 bits per heavy atom. The smallest absolute Gasteiger partial charge is 0.298 e. The molecule has 9 nitrogen and oxygen atoms in total. The van der Waals surface area contributed by atoms with Crippen molar-refractivity contribution in [1.82, 2.24) is 9.78 Å². The van der Waals surface area contributed by atoms with E-state index in [1.54, 1.807) is 31.2 Å². The molecule has 0 aliphatic carbocycles. The van der Waals surface area contributed by atoms with Gasteiger partial charge in [0.1, 0.15) is 10.6 Å². The van der Waals surface area contributed by atoms with Gasteiger partial charge in [-0.15, -0.1) is 10.2 Å². The Balaban J connectivity index is 2.06. The van der Waals surface area contributed by atoms with Crippen LogP contribution < -0.4 is 0 Å². The van der Waals surface area contributed by atoms with E-state index < -0.39 is 20.8 Å². The van der Waals surface area contributed by atoms with Crippen molar-refractivity contribution in [3.05, 3.63) is 53.2 Å². The predicted octanol–water partition coefficient (Wildman–Crippen LogP) is 3.91. The van der Waals surface area contributed by atoms with E-state index in [2.05, 4.69) is 15.3 Å². The van der Waals surface area contributed by atoms with E-state index in [1.165, 1.54) is 4.68 Å². The summed E-state index contributed by atoms with van der Waals surface area (Å²) in [6.07, 6.45) is 0. The van der Waals surface area contributed by atoms with Crippen LogP contribution >= 0.6 is 11.6 Å². The van der Waals surface area contributed by atoms with Gasteiger partial charge in [-0.3, -0.25) is 4.55 Å². The summed E-state index contributed by atoms with van der Waals surface area (Å²) in [6, 6.07) is 10.8. The van der Waals surface area contributed by atoms with Crippen molar-refractivity contribution in [3.8, 4) is 17.3 Å². The van der Waals surface area contributed by atoms with Gasteiger partial charge in [0, 0.05) is 5.02 Å². The summed E-state index contributed by atoms with van der Waals surface area (Å²) < 4.78 is 33.0. The number of rotatable bonds is 4. The van der Waals surface area contributed by atoms with Crippen LogP contribution in [0.25, 0.3) is 5.69 Å². The molecule has 0 saturated carbocycles. The lowest BCUT2D eigenvalue weighted by molar-refractivity contribution is 0.434. The molecule has 0 aliphatic heterocycles. The highest BCUT2D eigenvalue weighted by Crippen LogP contribution is 2.39. The quantitative estimate of drug-likeness (QED) is 0.442. The lowest BCUT2D eigenvalue weighted by atomic mass is 10.3. The van der Waals surface area contributed by atoms with Gasteiger partial charge >= 0.3 is 0 Å². The second-order valence-corrected chi connectivity index (χ2v) is 7.28. The molecule has 0 amide bonds. The number of aromatic nitrogens is 2. The molecule has 1 heterocycles. The molecular formula is C16H13ClN4O5S. The molecule has 0 fully saturated rings. The van der Waals surface area contributed by atoms with Crippen molar-refractivity contribution < 1.29 is 23.2 Å². The zero-order valence-electron chi connectivity index (χ0n) is 13.8. The third-order valence-electron chi connectivity index (χ3n) is 3.56. The van der Waals surface area contributed by atoms with E-state index in [0.29, 0.717) is 11.4 Å². The molecule has 140 valence electrons. The first-order chi connectivity index (χ1) is 12.7. The second kappa shape index (κ2) is 6.99. The van der Waals surface area contributed by atoms with Gasteiger partial charge < -0.3 is 10.2 Å². The summed E-state index contributed by atoms with van der Waals surface area (Å²) in [5, 5.41) is 32.1. The van der Waals surface area contributed by atoms with Crippen LogP contribution in [0.2, 0.25) is 5.02 Å². The lowest BCUT2D eigenvalue weighted by Gasteiger charge is -2.04. The minimum Gasteiger partial charge on any atom is -0.504 e.